The van der Waals surface area contributed by atoms with Gasteiger partial charge in [-0.15, -0.1) is 0 Å². The van der Waals surface area contributed by atoms with Crippen LogP contribution in [0.25, 0.3) is 0 Å². The summed E-state index contributed by atoms with van der Waals surface area (Å²) in [4.78, 5) is 12.7. The van der Waals surface area contributed by atoms with Gasteiger partial charge in [-0.3, -0.25) is 0 Å². The minimum Gasteiger partial charge on any atom is -0.457 e. The Balaban J connectivity index is 2.47. The highest BCUT2D eigenvalue weighted by atomic mass is 28.4. The topological polar surface area (TPSA) is 65.0 Å². The number of rotatable bonds is 5. The zero-order chi connectivity index (χ0) is 23.2. The lowest BCUT2D eigenvalue weighted by Gasteiger charge is -2.43. The van der Waals surface area contributed by atoms with Crippen LogP contribution in [0.3, 0.4) is 0 Å². The fraction of sp³-hybridized carbons (Fsp3) is 0.708. The number of aliphatic hydroxyl groups excluding tert-OH is 1. The van der Waals surface area contributed by atoms with Crippen molar-refractivity contribution in [2.24, 2.45) is 5.92 Å². The summed E-state index contributed by atoms with van der Waals surface area (Å²) in [5, 5.41) is 11.4. The lowest BCUT2D eigenvalue weighted by Crippen LogP contribution is -2.46. The Labute approximate surface area is 183 Å². The molecule has 1 aliphatic carbocycles. The number of hydrogen-bond donors (Lipinski definition) is 1. The van der Waals surface area contributed by atoms with Crippen molar-refractivity contribution in [3.8, 4) is 0 Å². The van der Waals surface area contributed by atoms with Crippen molar-refractivity contribution < 1.29 is 23.8 Å². The number of carbonyl (C=O) groups excluding carboxylic acids is 1. The largest absolute Gasteiger partial charge is 0.457 e. The molecule has 3 atom stereocenters. The number of aliphatic hydroxyl groups is 1. The first-order chi connectivity index (χ1) is 13.5. The van der Waals surface area contributed by atoms with Crippen molar-refractivity contribution in [3.05, 3.63) is 34.6 Å². The molecule has 0 radical (unpaired) electrons. The molecule has 0 amide bonds. The molecule has 2 aliphatic rings. The first-order valence-corrected chi connectivity index (χ1v) is 13.7. The average molecular weight is 437 g/mol. The molecule has 0 bridgehead atoms. The zero-order valence-electron chi connectivity index (χ0n) is 20.4. The summed E-state index contributed by atoms with van der Waals surface area (Å²) < 4.78 is 17.9. The predicted octanol–water partition coefficient (Wildman–Crippen LogP) is 5.62. The third kappa shape index (κ3) is 5.09. The van der Waals surface area contributed by atoms with Gasteiger partial charge in [0, 0.05) is 13.8 Å². The second-order valence-electron chi connectivity index (χ2n) is 10.8. The summed E-state index contributed by atoms with van der Waals surface area (Å²) in [6.07, 6.45) is 0.299. The van der Waals surface area contributed by atoms with Crippen LogP contribution < -0.4 is 0 Å². The highest BCUT2D eigenvalue weighted by molar-refractivity contribution is 6.74. The molecular formula is C24H40O5Si. The molecule has 2 rings (SSSR count). The van der Waals surface area contributed by atoms with Crippen molar-refractivity contribution in [1.82, 2.24) is 0 Å². The van der Waals surface area contributed by atoms with Gasteiger partial charge >= 0.3 is 5.97 Å². The van der Waals surface area contributed by atoms with Gasteiger partial charge in [0.05, 0.1) is 6.10 Å². The van der Waals surface area contributed by atoms with Crippen molar-refractivity contribution in [2.45, 2.75) is 104 Å². The van der Waals surface area contributed by atoms with Crippen molar-refractivity contribution in [2.75, 3.05) is 0 Å². The van der Waals surface area contributed by atoms with E-state index in [9.17, 15) is 9.90 Å². The van der Waals surface area contributed by atoms with Crippen molar-refractivity contribution >= 4 is 14.3 Å². The Kier molecular flexibility index (Phi) is 6.87. The lowest BCUT2D eigenvalue weighted by molar-refractivity contribution is -0.208. The van der Waals surface area contributed by atoms with Crippen LogP contribution in [0.1, 0.15) is 68.2 Å². The van der Waals surface area contributed by atoms with Gasteiger partial charge in [-0.25, -0.2) is 4.79 Å². The van der Waals surface area contributed by atoms with Gasteiger partial charge in [0.1, 0.15) is 17.4 Å². The van der Waals surface area contributed by atoms with E-state index in [0.29, 0.717) is 12.2 Å². The SMILES string of the molecule is C=C(C)[C@H]1CC(C(O)C2=C(C)OC(C)(C)OC2=O)=C(C)C(O[Si](C)(C)C(C)(C)C)C1. The van der Waals surface area contributed by atoms with Gasteiger partial charge in [0.15, 0.2) is 8.32 Å². The first-order valence-electron chi connectivity index (χ1n) is 10.8. The van der Waals surface area contributed by atoms with Crippen LogP contribution in [0.2, 0.25) is 18.1 Å². The van der Waals surface area contributed by atoms with Crippen LogP contribution in [0.4, 0.5) is 0 Å². The molecular weight excluding hydrogens is 396 g/mol. The van der Waals surface area contributed by atoms with E-state index >= 15 is 0 Å². The van der Waals surface area contributed by atoms with Crippen LogP contribution in [0, 0.1) is 5.92 Å². The summed E-state index contributed by atoms with van der Waals surface area (Å²) in [7, 11) is -2.02. The minimum absolute atomic E-state index is 0.0773. The van der Waals surface area contributed by atoms with Gasteiger partial charge in [-0.05, 0) is 68.8 Å². The molecule has 2 unspecified atom stereocenters. The zero-order valence-corrected chi connectivity index (χ0v) is 21.4. The maximum Gasteiger partial charge on any atom is 0.343 e. The van der Waals surface area contributed by atoms with E-state index in [-0.39, 0.29) is 22.6 Å². The second kappa shape index (κ2) is 8.28. The van der Waals surface area contributed by atoms with Crippen LogP contribution in [-0.4, -0.2) is 37.4 Å². The molecule has 0 aromatic carbocycles. The van der Waals surface area contributed by atoms with Crippen LogP contribution in [0.5, 0.6) is 0 Å². The lowest BCUT2D eigenvalue weighted by atomic mass is 9.76. The number of hydrogen-bond acceptors (Lipinski definition) is 5. The Morgan fingerprint density at radius 3 is 2.30 bits per heavy atom. The van der Waals surface area contributed by atoms with E-state index in [1.165, 1.54) is 0 Å². The quantitative estimate of drug-likeness (QED) is 0.344. The van der Waals surface area contributed by atoms with Gasteiger partial charge in [0.25, 0.3) is 0 Å². The maximum absolute atomic E-state index is 12.7. The number of carbonyl (C=O) groups is 1. The number of allylic oxidation sites excluding steroid dienone is 2. The summed E-state index contributed by atoms with van der Waals surface area (Å²) in [6.45, 7) is 24.4. The van der Waals surface area contributed by atoms with E-state index in [1.54, 1.807) is 20.8 Å². The normalized spacial score (nSPS) is 26.3. The fourth-order valence-electron chi connectivity index (χ4n) is 3.87. The Bertz CT molecular complexity index is 782. The molecule has 0 aromatic rings. The molecule has 0 saturated heterocycles. The molecule has 0 spiro atoms. The first kappa shape index (κ1) is 24.9. The Hall–Kier alpha value is -1.37. The summed E-state index contributed by atoms with van der Waals surface area (Å²) in [6, 6.07) is 0. The Morgan fingerprint density at radius 2 is 1.83 bits per heavy atom. The molecule has 1 heterocycles. The highest BCUT2D eigenvalue weighted by Crippen LogP contribution is 2.44. The summed E-state index contributed by atoms with van der Waals surface area (Å²) in [5.74, 6) is -0.973. The van der Waals surface area contributed by atoms with E-state index in [2.05, 4.69) is 40.4 Å². The fourth-order valence-corrected chi connectivity index (χ4v) is 5.21. The smallest absolute Gasteiger partial charge is 0.343 e. The number of ether oxygens (including phenoxy) is 2. The van der Waals surface area contributed by atoms with Crippen LogP contribution in [0.15, 0.2) is 34.6 Å². The highest BCUT2D eigenvalue weighted by Gasteiger charge is 2.44. The van der Waals surface area contributed by atoms with E-state index in [0.717, 1.165) is 23.1 Å². The molecule has 1 N–H and O–H groups in total. The molecule has 170 valence electrons. The van der Waals surface area contributed by atoms with E-state index in [4.69, 9.17) is 13.9 Å². The molecule has 0 saturated carbocycles. The maximum atomic E-state index is 12.7. The minimum atomic E-state index is -2.02. The van der Waals surface area contributed by atoms with Crippen LogP contribution >= 0.6 is 0 Å². The van der Waals surface area contributed by atoms with Crippen LogP contribution in [-0.2, 0) is 18.7 Å². The third-order valence-corrected chi connectivity index (χ3v) is 11.3. The van der Waals surface area contributed by atoms with Crippen molar-refractivity contribution in [3.63, 3.8) is 0 Å². The third-order valence-electron chi connectivity index (χ3n) is 6.83. The van der Waals surface area contributed by atoms with Crippen molar-refractivity contribution in [1.29, 1.82) is 0 Å². The molecule has 0 aromatic heterocycles. The van der Waals surface area contributed by atoms with Gasteiger partial charge in [-0.2, -0.15) is 0 Å². The van der Waals surface area contributed by atoms with Gasteiger partial charge in [-0.1, -0.05) is 32.9 Å². The van der Waals surface area contributed by atoms with Gasteiger partial charge in [0.2, 0.25) is 5.79 Å². The summed E-state index contributed by atoms with van der Waals surface area (Å²) >= 11 is 0. The molecule has 1 aliphatic heterocycles. The monoisotopic (exact) mass is 436 g/mol. The second-order valence-corrected chi connectivity index (χ2v) is 15.6. The van der Waals surface area contributed by atoms with Gasteiger partial charge < -0.3 is 19.0 Å². The predicted molar refractivity (Wildman–Crippen MR) is 122 cm³/mol. The summed E-state index contributed by atoms with van der Waals surface area (Å²) in [5.41, 5.74) is 3.05. The molecule has 6 heteroatoms. The molecule has 5 nitrogen and oxygen atoms in total. The molecule has 0 fully saturated rings. The Morgan fingerprint density at radius 1 is 1.27 bits per heavy atom. The average Bonchev–Trinajstić information content (AvgIpc) is 2.53. The number of esters is 1. The standard InChI is InChI=1S/C24H40O5Si/c1-14(2)17-12-18(15(3)19(13-17)29-30(10,11)23(5,6)7)21(25)20-16(4)27-24(8,9)28-22(20)26/h17,19,21,25H,1,12-13H2,2-11H3/t17-,19?,21?/m0/s1. The number of cyclic esters (lactones) is 1. The van der Waals surface area contributed by atoms with E-state index in [1.807, 2.05) is 13.8 Å². The molecule has 30 heavy (non-hydrogen) atoms. The van der Waals surface area contributed by atoms with E-state index < -0.39 is 26.2 Å².